The number of nitrogens with zero attached hydrogens (tertiary/aromatic N) is 3. The van der Waals surface area contributed by atoms with E-state index in [0.29, 0.717) is 16.7 Å². The number of benzene rings is 1. The number of aromatic nitrogens is 3. The number of amides is 1. The van der Waals surface area contributed by atoms with Crippen molar-refractivity contribution >= 4 is 23.4 Å². The summed E-state index contributed by atoms with van der Waals surface area (Å²) in [4.78, 5) is 12.2. The minimum Gasteiger partial charge on any atom is -0.469 e. The van der Waals surface area contributed by atoms with Crippen molar-refractivity contribution in [1.82, 2.24) is 14.9 Å². The Bertz CT molecular complexity index is 938. The first-order chi connectivity index (χ1) is 12.8. The smallest absolute Gasteiger partial charge is 0.234 e. The molecular formula is C19H23N5O2S. The van der Waals surface area contributed by atoms with Gasteiger partial charge in [-0.25, -0.2) is 4.68 Å². The number of nitrogens with one attached hydrogen (secondary N) is 1. The van der Waals surface area contributed by atoms with Crippen molar-refractivity contribution in [3.05, 3.63) is 47.9 Å². The number of hydrogen-bond donors (Lipinski definition) is 2. The Kier molecular flexibility index (Phi) is 5.27. The molecule has 0 radical (unpaired) electrons. The number of carbonyl (C=O) groups is 1. The second-order valence-electron chi connectivity index (χ2n) is 7.23. The molecule has 0 aliphatic heterocycles. The SMILES string of the molecule is Cc1occc1-c1nnc(SCC(=O)Nc2ccc(C(C)(C)C)cc2)n1N. The Balaban J connectivity index is 1.60. The van der Waals surface area contributed by atoms with Crippen LogP contribution in [0.4, 0.5) is 5.69 Å². The van der Waals surface area contributed by atoms with Crippen LogP contribution in [0, 0.1) is 6.92 Å². The van der Waals surface area contributed by atoms with Crippen LogP contribution >= 0.6 is 11.8 Å². The van der Waals surface area contributed by atoms with Crippen LogP contribution in [0.5, 0.6) is 0 Å². The van der Waals surface area contributed by atoms with E-state index in [4.69, 9.17) is 10.3 Å². The van der Waals surface area contributed by atoms with Gasteiger partial charge in [0.05, 0.1) is 17.6 Å². The van der Waals surface area contributed by atoms with Gasteiger partial charge in [-0.3, -0.25) is 4.79 Å². The Hall–Kier alpha value is -2.74. The quantitative estimate of drug-likeness (QED) is 0.514. The van der Waals surface area contributed by atoms with Gasteiger partial charge in [-0.15, -0.1) is 10.2 Å². The van der Waals surface area contributed by atoms with Gasteiger partial charge in [0.25, 0.3) is 0 Å². The normalized spacial score (nSPS) is 11.6. The third-order valence-electron chi connectivity index (χ3n) is 4.13. The maximum atomic E-state index is 12.2. The zero-order valence-corrected chi connectivity index (χ0v) is 16.6. The van der Waals surface area contributed by atoms with E-state index < -0.39 is 0 Å². The highest BCUT2D eigenvalue weighted by molar-refractivity contribution is 7.99. The third kappa shape index (κ3) is 4.33. The van der Waals surface area contributed by atoms with Crippen molar-refractivity contribution in [2.24, 2.45) is 0 Å². The maximum Gasteiger partial charge on any atom is 0.234 e. The average molecular weight is 385 g/mol. The van der Waals surface area contributed by atoms with Crippen LogP contribution in [0.15, 0.2) is 46.2 Å². The van der Waals surface area contributed by atoms with Gasteiger partial charge in [0.1, 0.15) is 5.76 Å². The molecular weight excluding hydrogens is 362 g/mol. The Morgan fingerprint density at radius 3 is 2.52 bits per heavy atom. The van der Waals surface area contributed by atoms with Gasteiger partial charge in [0, 0.05) is 5.69 Å². The molecule has 3 N–H and O–H groups in total. The summed E-state index contributed by atoms with van der Waals surface area (Å²) >= 11 is 1.23. The van der Waals surface area contributed by atoms with Gasteiger partial charge < -0.3 is 15.6 Å². The van der Waals surface area contributed by atoms with Crippen molar-refractivity contribution in [3.63, 3.8) is 0 Å². The van der Waals surface area contributed by atoms with E-state index in [1.54, 1.807) is 12.3 Å². The zero-order valence-electron chi connectivity index (χ0n) is 15.8. The lowest BCUT2D eigenvalue weighted by Gasteiger charge is -2.19. The van der Waals surface area contributed by atoms with Crippen molar-refractivity contribution in [2.45, 2.75) is 38.3 Å². The molecule has 0 saturated carbocycles. The van der Waals surface area contributed by atoms with E-state index in [1.807, 2.05) is 31.2 Å². The molecule has 0 atom stereocenters. The van der Waals surface area contributed by atoms with E-state index in [0.717, 1.165) is 11.3 Å². The van der Waals surface area contributed by atoms with E-state index in [9.17, 15) is 4.79 Å². The molecule has 0 spiro atoms. The molecule has 0 fully saturated rings. The number of furan rings is 1. The Labute approximate surface area is 162 Å². The number of rotatable bonds is 5. The van der Waals surface area contributed by atoms with Gasteiger partial charge >= 0.3 is 0 Å². The highest BCUT2D eigenvalue weighted by Crippen LogP contribution is 2.26. The highest BCUT2D eigenvalue weighted by Gasteiger charge is 2.17. The maximum absolute atomic E-state index is 12.2. The molecule has 8 heteroatoms. The Morgan fingerprint density at radius 1 is 1.22 bits per heavy atom. The predicted octanol–water partition coefficient (Wildman–Crippen LogP) is 3.59. The number of nitrogens with two attached hydrogens (primary N) is 1. The fourth-order valence-electron chi connectivity index (χ4n) is 2.56. The lowest BCUT2D eigenvalue weighted by Crippen LogP contribution is -2.17. The molecule has 0 saturated heterocycles. The van der Waals surface area contributed by atoms with E-state index >= 15 is 0 Å². The van der Waals surface area contributed by atoms with Crippen molar-refractivity contribution in [2.75, 3.05) is 16.9 Å². The molecule has 3 rings (SSSR count). The first-order valence-corrected chi connectivity index (χ1v) is 9.52. The van der Waals surface area contributed by atoms with Crippen LogP contribution in [-0.2, 0) is 10.2 Å². The molecule has 1 amide bonds. The summed E-state index contributed by atoms with van der Waals surface area (Å²) in [6.45, 7) is 8.29. The van der Waals surface area contributed by atoms with Gasteiger partial charge in [0.15, 0.2) is 5.82 Å². The summed E-state index contributed by atoms with van der Waals surface area (Å²) in [5.41, 5.74) is 2.83. The van der Waals surface area contributed by atoms with E-state index in [2.05, 4.69) is 36.3 Å². The number of carbonyl (C=O) groups excluding carboxylic acids is 1. The molecule has 2 heterocycles. The summed E-state index contributed by atoms with van der Waals surface area (Å²) in [5, 5.41) is 11.5. The monoisotopic (exact) mass is 385 g/mol. The Morgan fingerprint density at radius 2 is 1.93 bits per heavy atom. The molecule has 3 aromatic rings. The fourth-order valence-corrected chi connectivity index (χ4v) is 3.21. The lowest BCUT2D eigenvalue weighted by molar-refractivity contribution is -0.113. The molecule has 0 bridgehead atoms. The highest BCUT2D eigenvalue weighted by atomic mass is 32.2. The summed E-state index contributed by atoms with van der Waals surface area (Å²) in [5.74, 6) is 7.32. The second kappa shape index (κ2) is 7.48. The topological polar surface area (TPSA) is 99.0 Å². The van der Waals surface area contributed by atoms with Crippen LogP contribution in [0.1, 0.15) is 32.1 Å². The van der Waals surface area contributed by atoms with Crippen LogP contribution in [0.25, 0.3) is 11.4 Å². The van der Waals surface area contributed by atoms with E-state index in [-0.39, 0.29) is 17.1 Å². The summed E-state index contributed by atoms with van der Waals surface area (Å²) in [7, 11) is 0. The zero-order chi connectivity index (χ0) is 19.6. The summed E-state index contributed by atoms with van der Waals surface area (Å²) < 4.78 is 6.64. The van der Waals surface area contributed by atoms with Crippen LogP contribution in [0.3, 0.4) is 0 Å². The summed E-state index contributed by atoms with van der Waals surface area (Å²) in [6.07, 6.45) is 1.57. The van der Waals surface area contributed by atoms with Gasteiger partial charge in [-0.1, -0.05) is 44.7 Å². The van der Waals surface area contributed by atoms with Crippen molar-refractivity contribution < 1.29 is 9.21 Å². The van der Waals surface area contributed by atoms with Crippen molar-refractivity contribution in [3.8, 4) is 11.4 Å². The molecule has 2 aromatic heterocycles. The van der Waals surface area contributed by atoms with E-state index in [1.165, 1.54) is 22.0 Å². The number of aryl methyl sites for hydroxylation is 1. The first kappa shape index (κ1) is 19.0. The molecule has 0 aliphatic rings. The fraction of sp³-hybridized carbons (Fsp3) is 0.316. The predicted molar refractivity (Wildman–Crippen MR) is 107 cm³/mol. The van der Waals surface area contributed by atoms with Gasteiger partial charge in [-0.2, -0.15) is 0 Å². The standard InChI is InChI=1S/C19H23N5O2S/c1-12-15(9-10-26-12)17-22-23-18(24(17)20)27-11-16(25)21-14-7-5-13(6-8-14)19(2,3)4/h5-10H,11,20H2,1-4H3,(H,21,25). The molecule has 142 valence electrons. The molecule has 27 heavy (non-hydrogen) atoms. The van der Waals surface area contributed by atoms with Crippen LogP contribution < -0.4 is 11.2 Å². The number of thioether (sulfide) groups is 1. The van der Waals surface area contributed by atoms with Gasteiger partial charge in [-0.05, 0) is 36.1 Å². The van der Waals surface area contributed by atoms with Crippen molar-refractivity contribution in [1.29, 1.82) is 0 Å². The minimum atomic E-state index is -0.132. The molecule has 7 nitrogen and oxygen atoms in total. The molecule has 0 unspecified atom stereocenters. The first-order valence-electron chi connectivity index (χ1n) is 8.54. The average Bonchev–Trinajstić information content (AvgIpc) is 3.18. The molecule has 0 aliphatic carbocycles. The minimum absolute atomic E-state index is 0.0780. The number of anilines is 1. The number of nitrogen functional groups attached to an aromatic ring is 1. The largest absolute Gasteiger partial charge is 0.469 e. The number of hydrogen-bond acceptors (Lipinski definition) is 6. The van der Waals surface area contributed by atoms with Crippen LogP contribution in [-0.4, -0.2) is 26.5 Å². The van der Waals surface area contributed by atoms with Crippen LogP contribution in [0.2, 0.25) is 0 Å². The summed E-state index contributed by atoms with van der Waals surface area (Å²) in [6, 6.07) is 9.66. The second-order valence-corrected chi connectivity index (χ2v) is 8.17. The lowest BCUT2D eigenvalue weighted by atomic mass is 9.87. The van der Waals surface area contributed by atoms with Gasteiger partial charge in [0.2, 0.25) is 11.1 Å². The third-order valence-corrected chi connectivity index (χ3v) is 5.07. The molecule has 1 aromatic carbocycles.